The van der Waals surface area contributed by atoms with Crippen molar-refractivity contribution in [3.63, 3.8) is 0 Å². The summed E-state index contributed by atoms with van der Waals surface area (Å²) < 4.78 is 52.0. The van der Waals surface area contributed by atoms with Crippen molar-refractivity contribution in [1.82, 2.24) is 30.0 Å². The average Bonchev–Trinajstić information content (AvgIpc) is 3.37. The van der Waals surface area contributed by atoms with Gasteiger partial charge in [0.15, 0.2) is 5.65 Å². The number of aromatic nitrogens is 4. The monoisotopic (exact) mass is 576 g/mol. The van der Waals surface area contributed by atoms with E-state index in [-0.39, 0.29) is 17.8 Å². The second-order valence-electron chi connectivity index (χ2n) is 11.1. The summed E-state index contributed by atoms with van der Waals surface area (Å²) in [4.78, 5) is 18.6. The highest BCUT2D eigenvalue weighted by atomic mass is 19.4. The van der Waals surface area contributed by atoms with E-state index in [1.165, 1.54) is 6.07 Å². The van der Waals surface area contributed by atoms with Crippen molar-refractivity contribution in [3.05, 3.63) is 42.2 Å². The van der Waals surface area contributed by atoms with Crippen molar-refractivity contribution >= 4 is 23.2 Å². The summed E-state index contributed by atoms with van der Waals surface area (Å²) in [7, 11) is 0. The maximum atomic E-state index is 13.2. The van der Waals surface area contributed by atoms with Crippen LogP contribution < -0.4 is 19.9 Å². The van der Waals surface area contributed by atoms with Crippen molar-refractivity contribution in [2.75, 3.05) is 62.2 Å². The molecule has 4 heterocycles. The van der Waals surface area contributed by atoms with Gasteiger partial charge in [-0.3, -0.25) is 0 Å². The van der Waals surface area contributed by atoms with Gasteiger partial charge in [-0.15, -0.1) is 15.3 Å². The van der Waals surface area contributed by atoms with Crippen LogP contribution in [0.4, 0.5) is 29.5 Å². The Hall–Kier alpha value is -3.81. The minimum Gasteiger partial charge on any atom is -0.494 e. The number of alkyl halides is 3. The number of fused-ring (bicyclic) bond motifs is 1. The number of rotatable bonds is 6. The maximum Gasteiger partial charge on any atom is 0.453 e. The molecule has 14 heteroatoms. The van der Waals surface area contributed by atoms with Gasteiger partial charge in [0.05, 0.1) is 12.6 Å². The zero-order chi connectivity index (χ0) is 29.2. The van der Waals surface area contributed by atoms with Crippen LogP contribution in [-0.2, 0) is 10.9 Å². The van der Waals surface area contributed by atoms with Crippen molar-refractivity contribution in [2.45, 2.75) is 45.0 Å². The zero-order valence-corrected chi connectivity index (χ0v) is 23.4. The van der Waals surface area contributed by atoms with Gasteiger partial charge in [-0.25, -0.2) is 4.79 Å². The third-order valence-corrected chi connectivity index (χ3v) is 7.01. The molecule has 0 radical (unpaired) electrons. The van der Waals surface area contributed by atoms with Crippen LogP contribution >= 0.6 is 0 Å². The average molecular weight is 577 g/mol. The number of carbonyl (C=O) groups is 1. The number of amides is 1. The molecule has 1 aromatic carbocycles. The molecule has 5 rings (SSSR count). The van der Waals surface area contributed by atoms with Crippen LogP contribution in [0.2, 0.25) is 0 Å². The summed E-state index contributed by atoms with van der Waals surface area (Å²) in [5.41, 5.74) is 0.547. The molecule has 1 amide bonds. The van der Waals surface area contributed by atoms with Crippen LogP contribution in [0.25, 0.3) is 5.65 Å². The van der Waals surface area contributed by atoms with Crippen molar-refractivity contribution in [3.8, 4) is 5.75 Å². The molecule has 0 saturated carbocycles. The predicted molar refractivity (Wildman–Crippen MR) is 146 cm³/mol. The number of anilines is 2. The van der Waals surface area contributed by atoms with E-state index in [1.807, 2.05) is 49.9 Å². The molecule has 0 aliphatic carbocycles. The van der Waals surface area contributed by atoms with Gasteiger partial charge in [-0.2, -0.15) is 17.7 Å². The molecule has 41 heavy (non-hydrogen) atoms. The van der Waals surface area contributed by atoms with Crippen LogP contribution in [0.1, 0.15) is 33.0 Å². The first-order valence-corrected chi connectivity index (χ1v) is 13.7. The van der Waals surface area contributed by atoms with E-state index in [2.05, 4.69) is 25.5 Å². The standard InChI is InChI=1S/C27H35F3N8O3/c1-26(2,3)41-25(39)37-12-11-31-18-20(37)10-17-40-21-6-4-19(5-7-21)35-13-15-36(16-14-35)23-9-8-22-32-33-24(27(28,29)30)38(22)34-23/h4-9,20,31H,10-18H2,1-3H3. The lowest BCUT2D eigenvalue weighted by molar-refractivity contribution is -0.146. The van der Waals surface area contributed by atoms with Gasteiger partial charge in [-0.1, -0.05) is 0 Å². The summed E-state index contributed by atoms with van der Waals surface area (Å²) in [5, 5.41) is 14.3. The third-order valence-electron chi connectivity index (χ3n) is 7.01. The van der Waals surface area contributed by atoms with Gasteiger partial charge >= 0.3 is 12.3 Å². The van der Waals surface area contributed by atoms with Crippen LogP contribution in [0.15, 0.2) is 36.4 Å². The molecule has 1 atom stereocenters. The van der Waals surface area contributed by atoms with E-state index in [0.29, 0.717) is 58.1 Å². The molecule has 2 aliphatic heterocycles. The first-order chi connectivity index (χ1) is 19.5. The molecule has 222 valence electrons. The highest BCUT2D eigenvalue weighted by Crippen LogP contribution is 2.28. The molecule has 1 N–H and O–H groups in total. The Morgan fingerprint density at radius 3 is 2.37 bits per heavy atom. The highest BCUT2D eigenvalue weighted by molar-refractivity contribution is 5.68. The number of carbonyl (C=O) groups excluding carboxylic acids is 1. The topological polar surface area (TPSA) is 100 Å². The van der Waals surface area contributed by atoms with Crippen LogP contribution in [0.5, 0.6) is 5.75 Å². The molecule has 0 spiro atoms. The van der Waals surface area contributed by atoms with Crippen LogP contribution in [0.3, 0.4) is 0 Å². The fourth-order valence-electron chi connectivity index (χ4n) is 4.96. The normalized spacial score (nSPS) is 18.6. The molecule has 2 aliphatic rings. The molecule has 1 unspecified atom stereocenters. The van der Waals surface area contributed by atoms with Gasteiger partial charge in [0.1, 0.15) is 17.2 Å². The van der Waals surface area contributed by atoms with Gasteiger partial charge in [0, 0.05) is 57.9 Å². The first-order valence-electron chi connectivity index (χ1n) is 13.7. The molecule has 2 fully saturated rings. The zero-order valence-electron chi connectivity index (χ0n) is 23.4. The van der Waals surface area contributed by atoms with E-state index < -0.39 is 17.6 Å². The fourth-order valence-corrected chi connectivity index (χ4v) is 4.96. The van der Waals surface area contributed by atoms with E-state index in [0.717, 1.165) is 22.5 Å². The lowest BCUT2D eigenvalue weighted by atomic mass is 10.1. The lowest BCUT2D eigenvalue weighted by Gasteiger charge is -2.37. The SMILES string of the molecule is CC(C)(C)OC(=O)N1CCNCC1CCOc1ccc(N2CCN(c3ccc4nnc(C(F)(F)F)n4n3)CC2)cc1. The molecular formula is C27H35F3N8O3. The van der Waals surface area contributed by atoms with E-state index >= 15 is 0 Å². The molecular weight excluding hydrogens is 541 g/mol. The number of nitrogens with one attached hydrogen (secondary N) is 1. The van der Waals surface area contributed by atoms with Crippen molar-refractivity contribution < 1.29 is 27.4 Å². The summed E-state index contributed by atoms with van der Waals surface area (Å²) in [5.74, 6) is 0.0579. The number of ether oxygens (including phenoxy) is 2. The van der Waals surface area contributed by atoms with Crippen molar-refractivity contribution in [2.24, 2.45) is 0 Å². The van der Waals surface area contributed by atoms with E-state index in [1.54, 1.807) is 11.0 Å². The number of piperazine rings is 2. The molecule has 2 aromatic heterocycles. The minimum absolute atomic E-state index is 0.00513. The Kier molecular flexibility index (Phi) is 8.11. The van der Waals surface area contributed by atoms with Gasteiger partial charge in [-0.05, 0) is 57.2 Å². The van der Waals surface area contributed by atoms with Crippen LogP contribution in [-0.4, -0.2) is 94.9 Å². The first kappa shape index (κ1) is 28.7. The summed E-state index contributed by atoms with van der Waals surface area (Å²) in [6.45, 7) is 10.6. The predicted octanol–water partition coefficient (Wildman–Crippen LogP) is 3.45. The van der Waals surface area contributed by atoms with Gasteiger partial charge in [0.25, 0.3) is 5.82 Å². The Morgan fingerprint density at radius 2 is 1.68 bits per heavy atom. The molecule has 11 nitrogen and oxygen atoms in total. The number of benzene rings is 1. The molecule has 3 aromatic rings. The van der Waals surface area contributed by atoms with Crippen LogP contribution in [0, 0.1) is 0 Å². The van der Waals surface area contributed by atoms with E-state index in [9.17, 15) is 18.0 Å². The Morgan fingerprint density at radius 1 is 0.976 bits per heavy atom. The van der Waals surface area contributed by atoms with Crippen molar-refractivity contribution in [1.29, 1.82) is 0 Å². The second kappa shape index (κ2) is 11.6. The van der Waals surface area contributed by atoms with E-state index in [4.69, 9.17) is 9.47 Å². The Bertz CT molecular complexity index is 1330. The second-order valence-corrected chi connectivity index (χ2v) is 11.1. The number of hydrogen-bond acceptors (Lipinski definition) is 9. The van der Waals surface area contributed by atoms with Gasteiger partial charge < -0.3 is 29.5 Å². The largest absolute Gasteiger partial charge is 0.494 e. The fraction of sp³-hybridized carbons (Fsp3) is 0.556. The summed E-state index contributed by atoms with van der Waals surface area (Å²) in [6.07, 6.45) is -4.25. The summed E-state index contributed by atoms with van der Waals surface area (Å²) >= 11 is 0. The third kappa shape index (κ3) is 6.92. The minimum atomic E-state index is -4.63. The van der Waals surface area contributed by atoms with Gasteiger partial charge in [0.2, 0.25) is 0 Å². The number of hydrogen-bond donors (Lipinski definition) is 1. The Balaban J connectivity index is 1.12. The number of halogens is 3. The highest BCUT2D eigenvalue weighted by Gasteiger charge is 2.38. The maximum absolute atomic E-state index is 13.2. The molecule has 0 bridgehead atoms. The summed E-state index contributed by atoms with van der Waals surface area (Å²) in [6, 6.07) is 11.0. The number of nitrogens with zero attached hydrogens (tertiary/aromatic N) is 7. The quantitative estimate of drug-likeness (QED) is 0.473. The smallest absolute Gasteiger partial charge is 0.453 e. The molecule has 2 saturated heterocycles. The lowest BCUT2D eigenvalue weighted by Crippen LogP contribution is -2.55. The Labute approximate surface area is 236 Å².